The second-order valence-electron chi connectivity index (χ2n) is 24.7. The lowest BCUT2D eigenvalue weighted by Gasteiger charge is -2.25. The first kappa shape index (κ1) is 66.3. The fourth-order valence-corrected chi connectivity index (χ4v) is 18.7. The number of aromatic nitrogens is 8. The number of thioether (sulfide) groups is 2. The maximum absolute atomic E-state index is 6.16. The summed E-state index contributed by atoms with van der Waals surface area (Å²) in [4.78, 5) is 48.0. The van der Waals surface area contributed by atoms with Crippen molar-refractivity contribution in [3.63, 3.8) is 0 Å². The van der Waals surface area contributed by atoms with E-state index in [1.165, 1.54) is 26.1 Å². The number of aryl methyl sites for hydroxylation is 3. The first-order valence-corrected chi connectivity index (χ1v) is 39.4. The molecule has 0 fully saturated rings. The second kappa shape index (κ2) is 28.7. The van der Waals surface area contributed by atoms with E-state index in [-0.39, 0.29) is 0 Å². The topological polar surface area (TPSA) is 194 Å². The van der Waals surface area contributed by atoms with E-state index in [0.29, 0.717) is 19.0 Å². The number of anilines is 9. The molecule has 0 saturated carbocycles. The summed E-state index contributed by atoms with van der Waals surface area (Å²) < 4.78 is 12.3. The molecule has 6 N–H and O–H groups in total. The lowest BCUT2D eigenvalue weighted by atomic mass is 9.99. The molecule has 8 aromatic heterocycles. The number of hydrogen-bond donors (Lipinski definition) is 6. The van der Waals surface area contributed by atoms with Crippen LogP contribution in [-0.4, -0.2) is 85.7 Å². The lowest BCUT2D eigenvalue weighted by molar-refractivity contribution is 0.172. The van der Waals surface area contributed by atoms with E-state index in [1.54, 1.807) is 57.7 Å². The highest BCUT2D eigenvalue weighted by atomic mass is 32.2. The summed E-state index contributed by atoms with van der Waals surface area (Å²) in [7, 11) is 5.76. The van der Waals surface area contributed by atoms with Crippen LogP contribution in [0.5, 0.6) is 11.5 Å². The fraction of sp³-hybridized carbons (Fsp3) is 0.122. The average Bonchev–Trinajstić information content (AvgIpc) is 0.843. The summed E-state index contributed by atoms with van der Waals surface area (Å²) in [6, 6.07) is 58.2. The number of ether oxygens (including phenoxy) is 2. The van der Waals surface area contributed by atoms with Crippen molar-refractivity contribution in [1.82, 2.24) is 39.9 Å². The van der Waals surface area contributed by atoms with Crippen molar-refractivity contribution in [2.75, 3.05) is 77.8 Å². The van der Waals surface area contributed by atoms with Crippen molar-refractivity contribution >= 4 is 197 Å². The molecule has 0 radical (unpaired) electrons. The van der Waals surface area contributed by atoms with E-state index in [9.17, 15) is 0 Å². The molecule has 0 bridgehead atoms. The van der Waals surface area contributed by atoms with Crippen molar-refractivity contribution in [3.8, 4) is 53.8 Å². The van der Waals surface area contributed by atoms with Gasteiger partial charge in [0.15, 0.2) is 11.5 Å². The Morgan fingerprint density at radius 1 is 0.308 bits per heavy atom. The molecule has 2 aliphatic rings. The van der Waals surface area contributed by atoms with Gasteiger partial charge in [-0.25, -0.2) is 29.9 Å². The molecule has 16 nitrogen and oxygen atoms in total. The predicted molar refractivity (Wildman–Crippen MR) is 442 cm³/mol. The molecule has 19 rings (SSSR count). The molecule has 22 heteroatoms. The van der Waals surface area contributed by atoms with Crippen LogP contribution in [0.15, 0.2) is 214 Å². The molecule has 2 aliphatic heterocycles. The van der Waals surface area contributed by atoms with Gasteiger partial charge >= 0.3 is 0 Å². The van der Waals surface area contributed by atoms with Crippen molar-refractivity contribution in [3.05, 3.63) is 220 Å². The van der Waals surface area contributed by atoms with E-state index < -0.39 is 0 Å². The summed E-state index contributed by atoms with van der Waals surface area (Å²) >= 11 is 10.6. The number of thiophene rings is 4. The van der Waals surface area contributed by atoms with Gasteiger partial charge < -0.3 is 41.4 Å². The van der Waals surface area contributed by atoms with E-state index in [4.69, 9.17) is 39.4 Å². The second-order valence-corrected chi connectivity index (χ2v) is 30.7. The first-order valence-electron chi connectivity index (χ1n) is 33.9. The summed E-state index contributed by atoms with van der Waals surface area (Å²) in [5, 5.41) is 33.2. The van der Waals surface area contributed by atoms with Crippen LogP contribution in [0, 0.1) is 20.8 Å². The van der Waals surface area contributed by atoms with Crippen LogP contribution in [0.25, 0.3) is 119 Å². The highest BCUT2D eigenvalue weighted by molar-refractivity contribution is 8.05. The van der Waals surface area contributed by atoms with Crippen LogP contribution in [0.2, 0.25) is 0 Å². The molecule has 0 saturated heterocycles. The molecule has 0 spiro atoms. The quantitative estimate of drug-likeness (QED) is 0.0471. The monoisotopic (exact) mass is 1470 g/mol. The molecule has 10 heterocycles. The molecule has 0 atom stereocenters. The maximum Gasteiger partial charge on any atom is 0.187 e. The number of nitrogens with zero attached hydrogens (tertiary/aromatic N) is 8. The SMILES string of the molecule is CNc1ccc(Nc2c3c(c(C)c4nc(-c5cccs5)c(-c5cccs5)nc24)SCCS3)cc1.CNc1ccc(Nc2c3c(c(C)c4nc5c6ccccc6c6ccccc6c5nc24)OCCO3)cc1.CNc1ccc(Nc2c3nccnc3c(C)c3nc(-c4cccs4)c(-c4cccs4)nc23)cc1. The Morgan fingerprint density at radius 3 is 1.13 bits per heavy atom. The van der Waals surface area contributed by atoms with Crippen molar-refractivity contribution in [2.45, 2.75) is 30.6 Å². The lowest BCUT2D eigenvalue weighted by Crippen LogP contribution is -2.18. The Bertz CT molecular complexity index is 6070. The zero-order valence-corrected chi connectivity index (χ0v) is 62.2. The van der Waals surface area contributed by atoms with Crippen LogP contribution >= 0.6 is 68.9 Å². The average molecular weight is 1470 g/mol. The molecular formula is C82H66N14O2S6. The Kier molecular flexibility index (Phi) is 18.3. The summed E-state index contributed by atoms with van der Waals surface area (Å²) in [6.45, 7) is 7.26. The third kappa shape index (κ3) is 12.4. The summed E-state index contributed by atoms with van der Waals surface area (Å²) in [5.74, 6) is 3.61. The molecular weight excluding hydrogens is 1410 g/mol. The zero-order chi connectivity index (χ0) is 70.4. The van der Waals surface area contributed by atoms with Crippen molar-refractivity contribution < 1.29 is 9.47 Å². The van der Waals surface area contributed by atoms with Gasteiger partial charge in [-0.3, -0.25) is 9.97 Å². The number of rotatable bonds is 13. The van der Waals surface area contributed by atoms with Crippen molar-refractivity contribution in [2.24, 2.45) is 0 Å². The summed E-state index contributed by atoms with van der Waals surface area (Å²) in [6.07, 6.45) is 3.44. The van der Waals surface area contributed by atoms with Gasteiger partial charge in [0.05, 0.1) is 64.0 Å². The third-order valence-electron chi connectivity index (χ3n) is 18.5. The molecule has 0 unspecified atom stereocenters. The molecule has 17 aromatic rings. The molecule has 104 heavy (non-hydrogen) atoms. The van der Waals surface area contributed by atoms with E-state index in [2.05, 4.69) is 180 Å². The van der Waals surface area contributed by atoms with Crippen LogP contribution in [0.1, 0.15) is 16.7 Å². The Morgan fingerprint density at radius 2 is 0.673 bits per heavy atom. The standard InChI is InChI=1S/C30H24N4O2.C26H20N6S2.C26H22N4S4/c1-17-24-27(28(30-29(17)35-15-16-36-30)32-19-13-11-18(31-2)12-14-19)34-26-23-10-6-4-8-21(23)20-7-3-5-9-22(20)25(26)33-24;1-15-20-24(29-12-11-28-20)26(30-17-9-7-16(27-2)8-10-17)25-21(15)31-22(18-5-3-13-33-18)23(32-25)19-6-4-14-34-19;1-15-20-23(30-22(19-6-4-12-32-19)21(29-20)18-5-3-11-31-18)24(26-25(15)33-13-14-34-26)28-17-9-7-16(27-2)8-10-17/h3-14,31-32H,15-16H2,1-2H3;3-14,27,30H,1-2H3;3-12,27-28H,13-14H2,1-2H3. The van der Waals surface area contributed by atoms with Gasteiger partial charge in [-0.1, -0.05) is 72.8 Å². The third-order valence-corrected chi connectivity index (χ3v) is 24.7. The summed E-state index contributed by atoms with van der Waals surface area (Å²) in [5.41, 5.74) is 24.0. The Hall–Kier alpha value is -11.0. The van der Waals surface area contributed by atoms with Crippen LogP contribution in [0.4, 0.5) is 51.2 Å². The number of nitrogens with one attached hydrogen (secondary N) is 6. The maximum atomic E-state index is 6.16. The molecule has 0 amide bonds. The van der Waals surface area contributed by atoms with E-state index >= 15 is 0 Å². The van der Waals surface area contributed by atoms with Gasteiger partial charge in [-0.05, 0) is 156 Å². The Balaban J connectivity index is 0.000000115. The van der Waals surface area contributed by atoms with Gasteiger partial charge in [0.2, 0.25) is 0 Å². The molecule has 9 aromatic carbocycles. The van der Waals surface area contributed by atoms with Crippen LogP contribution < -0.4 is 41.4 Å². The smallest absolute Gasteiger partial charge is 0.187 e. The highest BCUT2D eigenvalue weighted by Gasteiger charge is 2.29. The van der Waals surface area contributed by atoms with Gasteiger partial charge in [-0.15, -0.1) is 68.9 Å². The van der Waals surface area contributed by atoms with Crippen LogP contribution in [0.3, 0.4) is 0 Å². The number of benzene rings is 9. The van der Waals surface area contributed by atoms with Gasteiger partial charge in [0, 0.05) is 111 Å². The van der Waals surface area contributed by atoms with Gasteiger partial charge in [0.1, 0.15) is 63.7 Å². The van der Waals surface area contributed by atoms with E-state index in [1.807, 2.05) is 119 Å². The minimum absolute atomic E-state index is 0.486. The molecule has 0 aliphatic carbocycles. The first-order chi connectivity index (χ1) is 51.2. The van der Waals surface area contributed by atoms with Gasteiger partial charge in [-0.2, -0.15) is 0 Å². The fourth-order valence-electron chi connectivity index (χ4n) is 13.3. The Labute approximate surface area is 623 Å². The van der Waals surface area contributed by atoms with Crippen LogP contribution in [-0.2, 0) is 0 Å². The largest absolute Gasteiger partial charge is 0.486 e. The predicted octanol–water partition coefficient (Wildman–Crippen LogP) is 22.5. The minimum Gasteiger partial charge on any atom is -0.486 e. The van der Waals surface area contributed by atoms with E-state index in [0.717, 1.165) is 188 Å². The minimum atomic E-state index is 0.486. The number of hydrogen-bond acceptors (Lipinski definition) is 22. The normalized spacial score (nSPS) is 12.4. The highest BCUT2D eigenvalue weighted by Crippen LogP contribution is 2.51. The molecule has 512 valence electrons. The number of fused-ring (bicyclic) bond motifs is 12. The zero-order valence-electron chi connectivity index (χ0n) is 57.3. The van der Waals surface area contributed by atoms with Crippen molar-refractivity contribution in [1.29, 1.82) is 0 Å². The van der Waals surface area contributed by atoms with Gasteiger partial charge in [0.25, 0.3) is 0 Å².